The van der Waals surface area contributed by atoms with Crippen molar-refractivity contribution in [1.29, 1.82) is 0 Å². The van der Waals surface area contributed by atoms with Crippen LogP contribution in [-0.4, -0.2) is 19.8 Å². The van der Waals surface area contributed by atoms with Gasteiger partial charge in [-0.3, -0.25) is 0 Å². The van der Waals surface area contributed by atoms with E-state index in [2.05, 4.69) is 29.4 Å². The number of thiophene rings is 1. The van der Waals surface area contributed by atoms with Crippen molar-refractivity contribution < 1.29 is 4.74 Å². The van der Waals surface area contributed by atoms with Crippen LogP contribution in [0.15, 0.2) is 29.7 Å². The molecule has 0 radical (unpaired) electrons. The average Bonchev–Trinajstić information content (AvgIpc) is 2.63. The lowest BCUT2D eigenvalue weighted by molar-refractivity contribution is 0.158. The van der Waals surface area contributed by atoms with Crippen molar-refractivity contribution in [2.45, 2.75) is 13.5 Å². The Kier molecular flexibility index (Phi) is 5.52. The molecule has 0 atom stereocenters. The Hall–Kier alpha value is -0.640. The molecule has 1 rings (SSSR count). The highest BCUT2D eigenvalue weighted by Gasteiger charge is 1.92. The van der Waals surface area contributed by atoms with Crippen LogP contribution in [0.2, 0.25) is 0 Å². The summed E-state index contributed by atoms with van der Waals surface area (Å²) in [5, 5.41) is 5.41. The van der Waals surface area contributed by atoms with Gasteiger partial charge in [0.1, 0.15) is 0 Å². The summed E-state index contributed by atoms with van der Waals surface area (Å²) in [7, 11) is 0. The summed E-state index contributed by atoms with van der Waals surface area (Å²) in [6.07, 6.45) is 0. The SMILES string of the molecule is C=C(C)COCCNCc1cccs1. The first-order valence-corrected chi connectivity index (χ1v) is 5.62. The van der Waals surface area contributed by atoms with Crippen LogP contribution in [0.25, 0.3) is 0 Å². The van der Waals surface area contributed by atoms with Crippen LogP contribution < -0.4 is 5.32 Å². The van der Waals surface area contributed by atoms with Crippen molar-refractivity contribution in [3.05, 3.63) is 34.5 Å². The van der Waals surface area contributed by atoms with E-state index in [0.29, 0.717) is 6.61 Å². The maximum Gasteiger partial charge on any atom is 0.0672 e. The molecule has 1 aromatic rings. The van der Waals surface area contributed by atoms with Crippen LogP contribution in [0, 0.1) is 0 Å². The molecule has 1 N–H and O–H groups in total. The lowest BCUT2D eigenvalue weighted by Gasteiger charge is -2.04. The summed E-state index contributed by atoms with van der Waals surface area (Å²) in [6, 6.07) is 4.20. The summed E-state index contributed by atoms with van der Waals surface area (Å²) < 4.78 is 5.36. The molecule has 0 saturated heterocycles. The first kappa shape index (κ1) is 11.4. The first-order valence-electron chi connectivity index (χ1n) is 4.74. The molecule has 0 bridgehead atoms. The first-order chi connectivity index (χ1) is 6.79. The maximum absolute atomic E-state index is 5.36. The van der Waals surface area contributed by atoms with Crippen molar-refractivity contribution in [2.24, 2.45) is 0 Å². The molecule has 0 unspecified atom stereocenters. The van der Waals surface area contributed by atoms with Crippen molar-refractivity contribution in [3.63, 3.8) is 0 Å². The highest BCUT2D eigenvalue weighted by molar-refractivity contribution is 7.09. The fourth-order valence-electron chi connectivity index (χ4n) is 1.02. The minimum Gasteiger partial charge on any atom is -0.376 e. The van der Waals surface area contributed by atoms with Gasteiger partial charge in [0.15, 0.2) is 0 Å². The van der Waals surface area contributed by atoms with Gasteiger partial charge in [0.05, 0.1) is 13.2 Å². The number of nitrogens with one attached hydrogen (secondary N) is 1. The second-order valence-electron chi connectivity index (χ2n) is 3.27. The van der Waals surface area contributed by atoms with Gasteiger partial charge in [-0.1, -0.05) is 18.2 Å². The molecule has 1 aromatic heterocycles. The molecule has 2 nitrogen and oxygen atoms in total. The lowest BCUT2D eigenvalue weighted by Crippen LogP contribution is -2.19. The third kappa shape index (κ3) is 5.17. The van der Waals surface area contributed by atoms with Gasteiger partial charge in [0.2, 0.25) is 0 Å². The molecule has 0 aliphatic carbocycles. The molecule has 0 aliphatic rings. The second kappa shape index (κ2) is 6.76. The molecule has 0 aromatic carbocycles. The predicted octanol–water partition coefficient (Wildman–Crippen LogP) is 2.43. The van der Waals surface area contributed by atoms with Crippen LogP contribution >= 0.6 is 11.3 Å². The van der Waals surface area contributed by atoms with E-state index in [-0.39, 0.29) is 0 Å². The molecule has 0 saturated carbocycles. The van der Waals surface area contributed by atoms with E-state index >= 15 is 0 Å². The monoisotopic (exact) mass is 211 g/mol. The number of hydrogen-bond donors (Lipinski definition) is 1. The zero-order valence-corrected chi connectivity index (χ0v) is 9.40. The number of ether oxygens (including phenoxy) is 1. The van der Waals surface area contributed by atoms with Gasteiger partial charge in [-0.25, -0.2) is 0 Å². The van der Waals surface area contributed by atoms with Crippen LogP contribution in [0.3, 0.4) is 0 Å². The van der Waals surface area contributed by atoms with Gasteiger partial charge in [-0.05, 0) is 18.4 Å². The van der Waals surface area contributed by atoms with Crippen molar-refractivity contribution in [2.75, 3.05) is 19.8 Å². The summed E-state index contributed by atoms with van der Waals surface area (Å²) in [5.74, 6) is 0. The quantitative estimate of drug-likeness (QED) is 0.552. The Morgan fingerprint density at radius 2 is 2.50 bits per heavy atom. The standard InChI is InChI=1S/C11H17NOS/c1-10(2)9-13-6-5-12-8-11-4-3-7-14-11/h3-4,7,12H,1,5-6,8-9H2,2H3. The van der Waals surface area contributed by atoms with Crippen molar-refractivity contribution in [1.82, 2.24) is 5.32 Å². The van der Waals surface area contributed by atoms with Gasteiger partial charge < -0.3 is 10.1 Å². The maximum atomic E-state index is 5.36. The third-order valence-electron chi connectivity index (χ3n) is 1.65. The minimum atomic E-state index is 0.667. The minimum absolute atomic E-state index is 0.667. The van der Waals surface area contributed by atoms with E-state index in [4.69, 9.17) is 4.74 Å². The van der Waals surface area contributed by atoms with E-state index < -0.39 is 0 Å². The van der Waals surface area contributed by atoms with Crippen LogP contribution in [-0.2, 0) is 11.3 Å². The zero-order chi connectivity index (χ0) is 10.2. The smallest absolute Gasteiger partial charge is 0.0672 e. The molecule has 0 amide bonds. The molecular weight excluding hydrogens is 194 g/mol. The molecule has 0 spiro atoms. The molecule has 0 aliphatic heterocycles. The lowest BCUT2D eigenvalue weighted by atomic mass is 10.4. The van der Waals surface area contributed by atoms with Crippen LogP contribution in [0.5, 0.6) is 0 Å². The summed E-state index contributed by atoms with van der Waals surface area (Å²) >= 11 is 1.77. The third-order valence-corrected chi connectivity index (χ3v) is 2.53. The Labute approximate surface area is 89.6 Å². The van der Waals surface area contributed by atoms with Crippen molar-refractivity contribution in [3.8, 4) is 0 Å². The van der Waals surface area contributed by atoms with E-state index in [0.717, 1.165) is 25.3 Å². The van der Waals surface area contributed by atoms with Crippen LogP contribution in [0.1, 0.15) is 11.8 Å². The average molecular weight is 211 g/mol. The molecule has 3 heteroatoms. The predicted molar refractivity (Wildman–Crippen MR) is 61.7 cm³/mol. The van der Waals surface area contributed by atoms with E-state index in [1.165, 1.54) is 4.88 Å². The van der Waals surface area contributed by atoms with E-state index in [1.807, 2.05) is 6.92 Å². The Morgan fingerprint density at radius 3 is 3.14 bits per heavy atom. The largest absolute Gasteiger partial charge is 0.376 e. The molecular formula is C11H17NOS. The highest BCUT2D eigenvalue weighted by Crippen LogP contribution is 2.06. The normalized spacial score (nSPS) is 10.4. The van der Waals surface area contributed by atoms with Gasteiger partial charge in [-0.2, -0.15) is 0 Å². The van der Waals surface area contributed by atoms with Crippen LogP contribution in [0.4, 0.5) is 0 Å². The summed E-state index contributed by atoms with van der Waals surface area (Å²) in [4.78, 5) is 1.37. The van der Waals surface area contributed by atoms with Gasteiger partial charge in [0.25, 0.3) is 0 Å². The van der Waals surface area contributed by atoms with Gasteiger partial charge in [-0.15, -0.1) is 11.3 Å². The highest BCUT2D eigenvalue weighted by atomic mass is 32.1. The Balaban J connectivity index is 1.92. The molecule has 1 heterocycles. The van der Waals surface area contributed by atoms with Gasteiger partial charge >= 0.3 is 0 Å². The van der Waals surface area contributed by atoms with Gasteiger partial charge in [0, 0.05) is 18.0 Å². The van der Waals surface area contributed by atoms with E-state index in [1.54, 1.807) is 11.3 Å². The molecule has 78 valence electrons. The zero-order valence-electron chi connectivity index (χ0n) is 8.58. The number of hydrogen-bond acceptors (Lipinski definition) is 3. The second-order valence-corrected chi connectivity index (χ2v) is 4.30. The molecule has 0 fully saturated rings. The summed E-state index contributed by atoms with van der Waals surface area (Å²) in [6.45, 7) is 8.99. The van der Waals surface area contributed by atoms with E-state index in [9.17, 15) is 0 Å². The topological polar surface area (TPSA) is 21.3 Å². The molecule has 14 heavy (non-hydrogen) atoms. The summed E-state index contributed by atoms with van der Waals surface area (Å²) in [5.41, 5.74) is 1.07. The number of rotatable bonds is 7. The fourth-order valence-corrected chi connectivity index (χ4v) is 1.69. The fraction of sp³-hybridized carbons (Fsp3) is 0.455. The van der Waals surface area contributed by atoms with Crippen molar-refractivity contribution >= 4 is 11.3 Å². The Morgan fingerprint density at radius 1 is 1.64 bits per heavy atom. The Bertz CT molecular complexity index is 256.